The van der Waals surface area contributed by atoms with Crippen molar-refractivity contribution in [2.75, 3.05) is 26.2 Å². The molecular formula is C13H25N3O2. The van der Waals surface area contributed by atoms with Gasteiger partial charge in [-0.2, -0.15) is 0 Å². The van der Waals surface area contributed by atoms with Crippen molar-refractivity contribution < 1.29 is 9.90 Å². The molecule has 1 aliphatic heterocycles. The molecule has 2 amide bonds. The molecule has 104 valence electrons. The number of carbonyl (C=O) groups is 1. The van der Waals surface area contributed by atoms with Crippen molar-refractivity contribution in [2.45, 2.75) is 50.6 Å². The Balaban J connectivity index is 1.64. The third-order valence-electron chi connectivity index (χ3n) is 4.02. The average Bonchev–Trinajstić information content (AvgIpc) is 2.98. The lowest BCUT2D eigenvalue weighted by molar-refractivity contribution is 0.226. The average molecular weight is 255 g/mol. The maximum atomic E-state index is 11.6. The number of aliphatic hydroxyl groups excluding tert-OH is 1. The van der Waals surface area contributed by atoms with E-state index >= 15 is 0 Å². The maximum Gasteiger partial charge on any atom is 0.315 e. The molecule has 0 aromatic rings. The minimum atomic E-state index is -0.0956. The highest BCUT2D eigenvalue weighted by Crippen LogP contribution is 2.26. The molecule has 0 spiro atoms. The predicted molar refractivity (Wildman–Crippen MR) is 70.5 cm³/mol. The third kappa shape index (κ3) is 3.85. The molecule has 3 N–H and O–H groups in total. The Bertz CT molecular complexity index is 267. The summed E-state index contributed by atoms with van der Waals surface area (Å²) in [5.41, 5.74) is 0. The first-order chi connectivity index (χ1) is 8.79. The van der Waals surface area contributed by atoms with Crippen LogP contribution < -0.4 is 10.6 Å². The number of hydrogen-bond donors (Lipinski definition) is 3. The standard InChI is InChI=1S/C13H25N3O2/c17-9-3-7-14-13(18)15-11-6-8-16(10-11)12-4-1-2-5-12/h11-12,17H,1-10H2,(H2,14,15,18). The van der Waals surface area contributed by atoms with Crippen LogP contribution in [0.5, 0.6) is 0 Å². The monoisotopic (exact) mass is 255 g/mol. The van der Waals surface area contributed by atoms with Crippen LogP contribution in [0.4, 0.5) is 4.79 Å². The Morgan fingerprint density at radius 1 is 1.28 bits per heavy atom. The van der Waals surface area contributed by atoms with E-state index in [0.29, 0.717) is 19.0 Å². The number of carbonyl (C=O) groups excluding carboxylic acids is 1. The summed E-state index contributed by atoms with van der Waals surface area (Å²) in [6.07, 6.45) is 7.06. The number of rotatable bonds is 5. The van der Waals surface area contributed by atoms with Gasteiger partial charge in [-0.25, -0.2) is 4.79 Å². The number of urea groups is 1. The molecule has 5 heteroatoms. The zero-order chi connectivity index (χ0) is 12.8. The third-order valence-corrected chi connectivity index (χ3v) is 4.02. The van der Waals surface area contributed by atoms with Crippen molar-refractivity contribution in [2.24, 2.45) is 0 Å². The molecule has 0 aromatic heterocycles. The molecule has 2 fully saturated rings. The highest BCUT2D eigenvalue weighted by atomic mass is 16.3. The molecule has 1 aliphatic carbocycles. The number of aliphatic hydroxyl groups is 1. The van der Waals surface area contributed by atoms with Crippen LogP contribution in [0, 0.1) is 0 Å². The van der Waals surface area contributed by atoms with Crippen molar-refractivity contribution in [3.63, 3.8) is 0 Å². The van der Waals surface area contributed by atoms with Gasteiger partial charge in [0.2, 0.25) is 0 Å². The van der Waals surface area contributed by atoms with E-state index in [4.69, 9.17) is 5.11 Å². The molecule has 1 unspecified atom stereocenters. The predicted octanol–water partition coefficient (Wildman–Crippen LogP) is 0.685. The largest absolute Gasteiger partial charge is 0.396 e. The van der Waals surface area contributed by atoms with E-state index in [1.807, 2.05) is 0 Å². The lowest BCUT2D eigenvalue weighted by atomic mass is 10.2. The van der Waals surface area contributed by atoms with Crippen LogP contribution in [0.15, 0.2) is 0 Å². The molecule has 1 atom stereocenters. The van der Waals surface area contributed by atoms with Gasteiger partial charge in [-0.1, -0.05) is 12.8 Å². The van der Waals surface area contributed by atoms with Gasteiger partial charge in [0.15, 0.2) is 0 Å². The van der Waals surface area contributed by atoms with Crippen molar-refractivity contribution in [1.29, 1.82) is 0 Å². The molecule has 0 aromatic carbocycles. The van der Waals surface area contributed by atoms with Crippen molar-refractivity contribution in [3.8, 4) is 0 Å². The van der Waals surface area contributed by atoms with Crippen molar-refractivity contribution in [3.05, 3.63) is 0 Å². The minimum absolute atomic E-state index is 0.0956. The summed E-state index contributed by atoms with van der Waals surface area (Å²) in [5.74, 6) is 0. The number of amides is 2. The van der Waals surface area contributed by atoms with Crippen LogP contribution in [0.2, 0.25) is 0 Å². The van der Waals surface area contributed by atoms with Crippen molar-refractivity contribution in [1.82, 2.24) is 15.5 Å². The summed E-state index contributed by atoms with van der Waals surface area (Å²) >= 11 is 0. The molecule has 2 rings (SSSR count). The Morgan fingerprint density at radius 2 is 2.06 bits per heavy atom. The van der Waals surface area contributed by atoms with Crippen LogP contribution in [0.3, 0.4) is 0 Å². The van der Waals surface area contributed by atoms with E-state index in [-0.39, 0.29) is 12.6 Å². The van der Waals surface area contributed by atoms with Gasteiger partial charge in [0.1, 0.15) is 0 Å². The number of nitrogens with one attached hydrogen (secondary N) is 2. The molecule has 1 saturated carbocycles. The van der Waals surface area contributed by atoms with Gasteiger partial charge in [0, 0.05) is 38.3 Å². The first-order valence-corrected chi connectivity index (χ1v) is 7.19. The molecule has 2 aliphatic rings. The molecule has 5 nitrogen and oxygen atoms in total. The normalized spacial score (nSPS) is 25.5. The van der Waals surface area contributed by atoms with Crippen LogP contribution in [0.1, 0.15) is 38.5 Å². The van der Waals surface area contributed by atoms with E-state index in [1.165, 1.54) is 25.7 Å². The lowest BCUT2D eigenvalue weighted by Gasteiger charge is -2.23. The van der Waals surface area contributed by atoms with E-state index < -0.39 is 0 Å². The Morgan fingerprint density at radius 3 is 2.78 bits per heavy atom. The summed E-state index contributed by atoms with van der Waals surface area (Å²) in [5, 5.41) is 14.4. The van der Waals surface area contributed by atoms with Crippen molar-refractivity contribution >= 4 is 6.03 Å². The fourth-order valence-electron chi connectivity index (χ4n) is 3.02. The zero-order valence-electron chi connectivity index (χ0n) is 11.0. The van der Waals surface area contributed by atoms with Gasteiger partial charge in [-0.05, 0) is 25.7 Å². The summed E-state index contributed by atoms with van der Waals surface area (Å²) in [7, 11) is 0. The number of hydrogen-bond acceptors (Lipinski definition) is 3. The fraction of sp³-hybridized carbons (Fsp3) is 0.923. The summed E-state index contributed by atoms with van der Waals surface area (Å²) in [6, 6.07) is 0.954. The topological polar surface area (TPSA) is 64.6 Å². The van der Waals surface area contributed by atoms with Gasteiger partial charge in [0.25, 0.3) is 0 Å². The second-order valence-electron chi connectivity index (χ2n) is 5.40. The van der Waals surface area contributed by atoms with Crippen LogP contribution in [0.25, 0.3) is 0 Å². The highest BCUT2D eigenvalue weighted by molar-refractivity contribution is 5.74. The second kappa shape index (κ2) is 6.95. The highest BCUT2D eigenvalue weighted by Gasteiger charge is 2.30. The van der Waals surface area contributed by atoms with Crippen LogP contribution in [-0.2, 0) is 0 Å². The minimum Gasteiger partial charge on any atom is -0.396 e. The molecule has 0 radical (unpaired) electrons. The Kier molecular flexibility index (Phi) is 5.26. The first-order valence-electron chi connectivity index (χ1n) is 7.19. The van der Waals surface area contributed by atoms with Gasteiger partial charge < -0.3 is 15.7 Å². The molecular weight excluding hydrogens is 230 g/mol. The van der Waals surface area contributed by atoms with E-state index in [2.05, 4.69) is 15.5 Å². The van der Waals surface area contributed by atoms with Crippen LogP contribution in [-0.4, -0.2) is 54.4 Å². The number of nitrogens with zero attached hydrogens (tertiary/aromatic N) is 1. The summed E-state index contributed by atoms with van der Waals surface area (Å²) in [4.78, 5) is 14.1. The van der Waals surface area contributed by atoms with Gasteiger partial charge >= 0.3 is 6.03 Å². The maximum absolute atomic E-state index is 11.6. The van der Waals surface area contributed by atoms with Gasteiger partial charge in [0.05, 0.1) is 0 Å². The molecule has 1 heterocycles. The van der Waals surface area contributed by atoms with Gasteiger partial charge in [-0.3, -0.25) is 4.90 Å². The zero-order valence-corrected chi connectivity index (χ0v) is 11.0. The SMILES string of the molecule is O=C(NCCCO)NC1CCN(C2CCCC2)C1. The lowest BCUT2D eigenvalue weighted by Crippen LogP contribution is -2.44. The summed E-state index contributed by atoms with van der Waals surface area (Å²) < 4.78 is 0. The van der Waals surface area contributed by atoms with E-state index in [0.717, 1.165) is 25.6 Å². The Hall–Kier alpha value is -0.810. The smallest absolute Gasteiger partial charge is 0.315 e. The van der Waals surface area contributed by atoms with Crippen LogP contribution >= 0.6 is 0 Å². The summed E-state index contributed by atoms with van der Waals surface area (Å²) in [6.45, 7) is 2.78. The Labute approximate surface area is 109 Å². The number of likely N-dealkylation sites (tertiary alicyclic amines) is 1. The van der Waals surface area contributed by atoms with E-state index in [9.17, 15) is 4.79 Å². The fourth-order valence-corrected chi connectivity index (χ4v) is 3.02. The van der Waals surface area contributed by atoms with E-state index in [1.54, 1.807) is 0 Å². The molecule has 1 saturated heterocycles. The quantitative estimate of drug-likeness (QED) is 0.633. The van der Waals surface area contributed by atoms with Gasteiger partial charge in [-0.15, -0.1) is 0 Å². The molecule has 0 bridgehead atoms. The second-order valence-corrected chi connectivity index (χ2v) is 5.40. The molecule has 18 heavy (non-hydrogen) atoms. The first kappa shape index (κ1) is 13.6.